The van der Waals surface area contributed by atoms with Crippen LogP contribution in [0.4, 0.5) is 0 Å². The quantitative estimate of drug-likeness (QED) is 0.488. The molecule has 1 amide bonds. The number of fused-ring (bicyclic) bond motifs is 1. The maximum absolute atomic E-state index is 11.7. The first-order chi connectivity index (χ1) is 10.9. The Hall–Kier alpha value is -2.87. The second-order valence-corrected chi connectivity index (χ2v) is 5.17. The van der Waals surface area contributed by atoms with Crippen LogP contribution in [0.5, 0.6) is 0 Å². The molecule has 6 N–H and O–H groups in total. The van der Waals surface area contributed by atoms with E-state index in [1.54, 1.807) is 6.20 Å². The molecule has 2 aromatic rings. The summed E-state index contributed by atoms with van der Waals surface area (Å²) in [6.45, 7) is 0. The van der Waals surface area contributed by atoms with Crippen molar-refractivity contribution >= 4 is 28.7 Å². The summed E-state index contributed by atoms with van der Waals surface area (Å²) >= 11 is 0. The molecular formula is C15H17N3O5. The van der Waals surface area contributed by atoms with Gasteiger partial charge in [0.2, 0.25) is 5.91 Å². The number of carboxylic acid groups (broad SMARTS) is 2. The molecule has 1 heterocycles. The lowest BCUT2D eigenvalue weighted by Gasteiger charge is -2.15. The van der Waals surface area contributed by atoms with Crippen LogP contribution < -0.4 is 11.1 Å². The summed E-state index contributed by atoms with van der Waals surface area (Å²) in [5.41, 5.74) is 6.88. The van der Waals surface area contributed by atoms with Gasteiger partial charge < -0.3 is 26.2 Å². The molecule has 0 aliphatic carbocycles. The molecule has 0 aliphatic rings. The summed E-state index contributed by atoms with van der Waals surface area (Å²) in [5, 5.41) is 21.1. The van der Waals surface area contributed by atoms with Crippen molar-refractivity contribution in [3.8, 4) is 0 Å². The average molecular weight is 319 g/mol. The normalized spacial score (nSPS) is 13.4. The van der Waals surface area contributed by atoms with Crippen LogP contribution in [0.15, 0.2) is 30.5 Å². The molecule has 0 bridgehead atoms. The Morgan fingerprint density at radius 2 is 1.87 bits per heavy atom. The van der Waals surface area contributed by atoms with Gasteiger partial charge in [0.1, 0.15) is 12.1 Å². The van der Waals surface area contributed by atoms with E-state index in [1.807, 2.05) is 24.3 Å². The van der Waals surface area contributed by atoms with E-state index >= 15 is 0 Å². The van der Waals surface area contributed by atoms with Crippen LogP contribution in [0.2, 0.25) is 0 Å². The van der Waals surface area contributed by atoms with Crippen molar-refractivity contribution in [2.24, 2.45) is 5.73 Å². The Morgan fingerprint density at radius 1 is 1.17 bits per heavy atom. The summed E-state index contributed by atoms with van der Waals surface area (Å²) in [7, 11) is 0. The summed E-state index contributed by atoms with van der Waals surface area (Å²) in [6.07, 6.45) is 1.29. The number of aromatic nitrogens is 1. The Morgan fingerprint density at radius 3 is 2.52 bits per heavy atom. The fourth-order valence-electron chi connectivity index (χ4n) is 2.26. The lowest BCUT2D eigenvalue weighted by atomic mass is 10.0. The highest BCUT2D eigenvalue weighted by atomic mass is 16.4. The van der Waals surface area contributed by atoms with E-state index in [4.69, 9.17) is 10.8 Å². The van der Waals surface area contributed by atoms with Crippen molar-refractivity contribution in [1.82, 2.24) is 10.3 Å². The number of nitrogens with one attached hydrogen (secondary N) is 2. The van der Waals surface area contributed by atoms with Crippen molar-refractivity contribution in [3.63, 3.8) is 0 Å². The van der Waals surface area contributed by atoms with Crippen molar-refractivity contribution in [3.05, 3.63) is 36.0 Å². The van der Waals surface area contributed by atoms with Gasteiger partial charge in [-0.1, -0.05) is 18.2 Å². The molecule has 0 saturated carbocycles. The highest BCUT2D eigenvalue weighted by molar-refractivity contribution is 5.88. The molecule has 0 saturated heterocycles. The van der Waals surface area contributed by atoms with Gasteiger partial charge in [0, 0.05) is 23.5 Å². The van der Waals surface area contributed by atoms with Crippen LogP contribution in [0.3, 0.4) is 0 Å². The molecule has 8 nitrogen and oxygen atoms in total. The molecule has 8 heteroatoms. The molecule has 2 rings (SSSR count). The number of benzene rings is 1. The highest BCUT2D eigenvalue weighted by Crippen LogP contribution is 2.19. The minimum absolute atomic E-state index is 0.0768. The minimum atomic E-state index is -1.36. The largest absolute Gasteiger partial charge is 0.480 e. The van der Waals surface area contributed by atoms with Crippen LogP contribution in [-0.4, -0.2) is 45.1 Å². The van der Waals surface area contributed by atoms with Crippen molar-refractivity contribution in [2.75, 3.05) is 0 Å². The standard InChI is InChI=1S/C15H17N3O5/c16-10(14(20)21)6-13(19)18-12(15(22)23)5-8-7-17-11-4-2-1-3-9(8)11/h1-4,7,10,12,17H,5-6,16H2,(H,18,19)(H,20,21)(H,22,23)/t10-,12-/m0/s1. The van der Waals surface area contributed by atoms with Crippen LogP contribution in [0.25, 0.3) is 10.9 Å². The fourth-order valence-corrected chi connectivity index (χ4v) is 2.26. The van der Waals surface area contributed by atoms with Gasteiger partial charge in [-0.3, -0.25) is 9.59 Å². The van der Waals surface area contributed by atoms with E-state index in [9.17, 15) is 19.5 Å². The van der Waals surface area contributed by atoms with Crippen LogP contribution >= 0.6 is 0 Å². The highest BCUT2D eigenvalue weighted by Gasteiger charge is 2.24. The number of para-hydroxylation sites is 1. The average Bonchev–Trinajstić information content (AvgIpc) is 2.89. The molecule has 0 aliphatic heterocycles. The molecule has 1 aromatic carbocycles. The molecule has 2 atom stereocenters. The van der Waals surface area contributed by atoms with E-state index in [0.29, 0.717) is 0 Å². The van der Waals surface area contributed by atoms with Gasteiger partial charge in [-0.05, 0) is 11.6 Å². The third-order valence-electron chi connectivity index (χ3n) is 3.45. The first kappa shape index (κ1) is 16.5. The zero-order valence-corrected chi connectivity index (χ0v) is 12.2. The number of aromatic amines is 1. The van der Waals surface area contributed by atoms with E-state index in [-0.39, 0.29) is 6.42 Å². The number of rotatable bonds is 7. The molecule has 122 valence electrons. The molecule has 0 spiro atoms. The lowest BCUT2D eigenvalue weighted by molar-refractivity contribution is -0.142. The predicted octanol–water partition coefficient (Wildman–Crippen LogP) is 0.0818. The maximum Gasteiger partial charge on any atom is 0.326 e. The number of hydrogen-bond donors (Lipinski definition) is 5. The zero-order chi connectivity index (χ0) is 17.0. The monoisotopic (exact) mass is 319 g/mol. The first-order valence-electron chi connectivity index (χ1n) is 6.94. The van der Waals surface area contributed by atoms with Crippen LogP contribution in [0, 0.1) is 0 Å². The van der Waals surface area contributed by atoms with Crippen molar-refractivity contribution in [1.29, 1.82) is 0 Å². The number of nitrogens with two attached hydrogens (primary N) is 1. The van der Waals surface area contributed by atoms with Crippen LogP contribution in [-0.2, 0) is 20.8 Å². The SMILES string of the molecule is N[C@@H](CC(=O)N[C@@H](Cc1c[nH]c2ccccc12)C(=O)O)C(=O)O. The van der Waals surface area contributed by atoms with Gasteiger partial charge in [-0.15, -0.1) is 0 Å². The van der Waals surface area contributed by atoms with Gasteiger partial charge in [0.05, 0.1) is 6.42 Å². The minimum Gasteiger partial charge on any atom is -0.480 e. The van der Waals surface area contributed by atoms with Crippen LogP contribution in [0.1, 0.15) is 12.0 Å². The number of carbonyl (C=O) groups excluding carboxylic acids is 1. The Bertz CT molecular complexity index is 740. The zero-order valence-electron chi connectivity index (χ0n) is 12.2. The second kappa shape index (κ2) is 6.93. The number of carbonyl (C=O) groups is 3. The van der Waals surface area contributed by atoms with E-state index in [0.717, 1.165) is 16.5 Å². The van der Waals surface area contributed by atoms with Gasteiger partial charge >= 0.3 is 11.9 Å². The van der Waals surface area contributed by atoms with Gasteiger partial charge in [-0.25, -0.2) is 4.79 Å². The summed E-state index contributed by atoms with van der Waals surface area (Å²) in [6, 6.07) is 4.87. The molecule has 23 heavy (non-hydrogen) atoms. The molecule has 0 radical (unpaired) electrons. The number of hydrogen-bond acceptors (Lipinski definition) is 4. The third-order valence-corrected chi connectivity index (χ3v) is 3.45. The van der Waals surface area contributed by atoms with Gasteiger partial charge in [-0.2, -0.15) is 0 Å². The Kier molecular flexibility index (Phi) is 4.97. The number of carboxylic acids is 2. The Labute approximate surface area is 131 Å². The van der Waals surface area contributed by atoms with Gasteiger partial charge in [0.25, 0.3) is 0 Å². The fraction of sp³-hybridized carbons (Fsp3) is 0.267. The molecule has 0 unspecified atom stereocenters. The number of aliphatic carboxylic acids is 2. The Balaban J connectivity index is 2.09. The summed E-state index contributed by atoms with van der Waals surface area (Å²) in [5.74, 6) is -3.23. The predicted molar refractivity (Wildman–Crippen MR) is 81.8 cm³/mol. The van der Waals surface area contributed by atoms with E-state index in [2.05, 4.69) is 10.3 Å². The maximum atomic E-state index is 11.7. The smallest absolute Gasteiger partial charge is 0.326 e. The third kappa shape index (κ3) is 4.07. The molecular weight excluding hydrogens is 302 g/mol. The second-order valence-electron chi connectivity index (χ2n) is 5.17. The summed E-state index contributed by atoms with van der Waals surface area (Å²) < 4.78 is 0. The van der Waals surface area contributed by atoms with E-state index in [1.165, 1.54) is 0 Å². The first-order valence-corrected chi connectivity index (χ1v) is 6.94. The van der Waals surface area contributed by atoms with Crippen molar-refractivity contribution in [2.45, 2.75) is 24.9 Å². The van der Waals surface area contributed by atoms with Crippen molar-refractivity contribution < 1.29 is 24.6 Å². The topological polar surface area (TPSA) is 146 Å². The molecule has 0 fully saturated rings. The molecule has 1 aromatic heterocycles. The summed E-state index contributed by atoms with van der Waals surface area (Å²) in [4.78, 5) is 36.7. The lowest BCUT2D eigenvalue weighted by Crippen LogP contribution is -2.45. The number of H-pyrrole nitrogens is 1. The van der Waals surface area contributed by atoms with Gasteiger partial charge in [0.15, 0.2) is 0 Å². The number of amides is 1. The van der Waals surface area contributed by atoms with E-state index < -0.39 is 36.4 Å².